The topological polar surface area (TPSA) is 20.2 Å². The van der Waals surface area contributed by atoms with Gasteiger partial charge in [0.1, 0.15) is 5.75 Å². The Balaban J connectivity index is 3.29. The Morgan fingerprint density at radius 2 is 1.36 bits per heavy atom. The van der Waals surface area contributed by atoms with Gasteiger partial charge in [0, 0.05) is 0 Å². The molecule has 22 heavy (non-hydrogen) atoms. The van der Waals surface area contributed by atoms with E-state index in [4.69, 9.17) is 0 Å². The van der Waals surface area contributed by atoms with Gasteiger partial charge in [0.2, 0.25) is 0 Å². The second-order valence-electron chi connectivity index (χ2n) is 8.86. The number of benzene rings is 1. The van der Waals surface area contributed by atoms with Gasteiger partial charge in [0.25, 0.3) is 0 Å². The average Bonchev–Trinajstić information content (AvgIpc) is 2.36. The monoisotopic (exact) mass is 304 g/mol. The van der Waals surface area contributed by atoms with Crippen molar-refractivity contribution in [3.63, 3.8) is 0 Å². The molecule has 1 N–H and O–H groups in total. The van der Waals surface area contributed by atoms with E-state index in [0.29, 0.717) is 11.7 Å². The van der Waals surface area contributed by atoms with Gasteiger partial charge >= 0.3 is 0 Å². The van der Waals surface area contributed by atoms with Gasteiger partial charge in [-0.25, -0.2) is 0 Å². The zero-order valence-electron chi connectivity index (χ0n) is 16.0. The van der Waals surface area contributed by atoms with Crippen LogP contribution in [0.3, 0.4) is 0 Å². The van der Waals surface area contributed by atoms with Crippen molar-refractivity contribution in [1.82, 2.24) is 0 Å². The minimum absolute atomic E-state index is 0.0385. The molecule has 0 aliphatic rings. The molecule has 0 saturated heterocycles. The molecule has 1 atom stereocenters. The van der Waals surface area contributed by atoms with E-state index in [1.54, 1.807) is 0 Å². The maximum Gasteiger partial charge on any atom is 0.123 e. The van der Waals surface area contributed by atoms with Crippen molar-refractivity contribution in [3.05, 3.63) is 28.8 Å². The van der Waals surface area contributed by atoms with Gasteiger partial charge in [-0.1, -0.05) is 86.8 Å². The van der Waals surface area contributed by atoms with E-state index in [-0.39, 0.29) is 10.8 Å². The van der Waals surface area contributed by atoms with Crippen LogP contribution >= 0.6 is 0 Å². The van der Waals surface area contributed by atoms with Gasteiger partial charge in [0.05, 0.1) is 0 Å². The van der Waals surface area contributed by atoms with Gasteiger partial charge in [0.15, 0.2) is 0 Å². The summed E-state index contributed by atoms with van der Waals surface area (Å²) in [5.74, 6) is 1.04. The zero-order valence-corrected chi connectivity index (χ0v) is 16.0. The SMILES string of the molecule is CCCCCC(C)c1cc(C(C)(C)C)c(O)c(C(C)(C)C)c1. The number of rotatable bonds is 5. The Morgan fingerprint density at radius 3 is 1.73 bits per heavy atom. The van der Waals surface area contributed by atoms with Gasteiger partial charge in [-0.3, -0.25) is 0 Å². The molecule has 0 fully saturated rings. The maximum absolute atomic E-state index is 10.8. The summed E-state index contributed by atoms with van der Waals surface area (Å²) in [5, 5.41) is 10.8. The first-order valence-corrected chi connectivity index (χ1v) is 8.86. The van der Waals surface area contributed by atoms with Crippen molar-refractivity contribution in [2.75, 3.05) is 0 Å². The molecule has 0 aliphatic heterocycles. The molecule has 126 valence electrons. The fourth-order valence-electron chi connectivity index (χ4n) is 2.95. The second-order valence-corrected chi connectivity index (χ2v) is 8.86. The molecule has 0 aliphatic carbocycles. The molecule has 0 bridgehead atoms. The van der Waals surface area contributed by atoms with Crippen LogP contribution in [0.4, 0.5) is 0 Å². The summed E-state index contributed by atoms with van der Waals surface area (Å²) in [4.78, 5) is 0. The molecule has 0 amide bonds. The van der Waals surface area contributed by atoms with Crippen molar-refractivity contribution in [3.8, 4) is 5.75 Å². The number of unbranched alkanes of at least 4 members (excludes halogenated alkanes) is 2. The quantitative estimate of drug-likeness (QED) is 0.602. The summed E-state index contributed by atoms with van der Waals surface area (Å²) in [6.07, 6.45) is 5.09. The Morgan fingerprint density at radius 1 is 0.909 bits per heavy atom. The fourth-order valence-corrected chi connectivity index (χ4v) is 2.95. The molecule has 0 heterocycles. The first kappa shape index (κ1) is 19.1. The van der Waals surface area contributed by atoms with Crippen LogP contribution < -0.4 is 0 Å². The summed E-state index contributed by atoms with van der Waals surface area (Å²) >= 11 is 0. The number of phenolic OH excluding ortho intramolecular Hbond substituents is 1. The highest BCUT2D eigenvalue weighted by molar-refractivity contribution is 5.50. The van der Waals surface area contributed by atoms with Gasteiger partial charge < -0.3 is 5.11 Å². The highest BCUT2D eigenvalue weighted by Gasteiger charge is 2.27. The van der Waals surface area contributed by atoms with Crippen LogP contribution in [-0.2, 0) is 10.8 Å². The third-order valence-corrected chi connectivity index (χ3v) is 4.56. The highest BCUT2D eigenvalue weighted by Crippen LogP contribution is 2.41. The lowest BCUT2D eigenvalue weighted by Gasteiger charge is -2.29. The van der Waals surface area contributed by atoms with Crippen molar-refractivity contribution >= 4 is 0 Å². The third-order valence-electron chi connectivity index (χ3n) is 4.56. The van der Waals surface area contributed by atoms with E-state index in [0.717, 1.165) is 11.1 Å². The lowest BCUT2D eigenvalue weighted by molar-refractivity contribution is 0.422. The molecule has 0 aromatic heterocycles. The van der Waals surface area contributed by atoms with Crippen LogP contribution in [-0.4, -0.2) is 5.11 Å². The summed E-state index contributed by atoms with van der Waals surface area (Å²) < 4.78 is 0. The summed E-state index contributed by atoms with van der Waals surface area (Å²) in [7, 11) is 0. The number of hydrogen-bond donors (Lipinski definition) is 1. The van der Waals surface area contributed by atoms with Crippen LogP contribution in [0.5, 0.6) is 5.75 Å². The van der Waals surface area contributed by atoms with E-state index < -0.39 is 0 Å². The predicted octanol–water partition coefficient (Wildman–Crippen LogP) is 6.67. The van der Waals surface area contributed by atoms with E-state index in [1.165, 1.54) is 31.2 Å². The Kier molecular flexibility index (Phi) is 6.12. The number of phenols is 1. The van der Waals surface area contributed by atoms with Gasteiger partial charge in [-0.2, -0.15) is 0 Å². The lowest BCUT2D eigenvalue weighted by Crippen LogP contribution is -2.18. The second kappa shape index (κ2) is 7.06. The normalized spacial score (nSPS) is 14.2. The summed E-state index contributed by atoms with van der Waals surface area (Å²) in [5.41, 5.74) is 3.46. The van der Waals surface area contributed by atoms with Crippen LogP contribution in [0, 0.1) is 0 Å². The maximum atomic E-state index is 10.8. The molecule has 0 spiro atoms. The molecular formula is C21H36O. The molecule has 1 aromatic rings. The Labute approximate surface area is 138 Å². The standard InChI is InChI=1S/C21H36O/c1-9-10-11-12-15(2)16-13-17(20(3,4)5)19(22)18(14-16)21(6,7)8/h13-15,22H,9-12H2,1-8H3. The third kappa shape index (κ3) is 4.76. The lowest BCUT2D eigenvalue weighted by atomic mass is 9.77. The summed E-state index contributed by atoms with van der Waals surface area (Å²) in [6.45, 7) is 17.7. The van der Waals surface area contributed by atoms with Crippen LogP contribution in [0.15, 0.2) is 12.1 Å². The Bertz CT molecular complexity index is 451. The van der Waals surface area contributed by atoms with E-state index >= 15 is 0 Å². The summed E-state index contributed by atoms with van der Waals surface area (Å²) in [6, 6.07) is 4.47. The number of aromatic hydroxyl groups is 1. The molecule has 1 nitrogen and oxygen atoms in total. The average molecular weight is 305 g/mol. The highest BCUT2D eigenvalue weighted by atomic mass is 16.3. The van der Waals surface area contributed by atoms with E-state index in [1.807, 2.05) is 0 Å². The van der Waals surface area contributed by atoms with Crippen LogP contribution in [0.1, 0.15) is 104 Å². The number of hydrogen-bond acceptors (Lipinski definition) is 1. The van der Waals surface area contributed by atoms with Crippen LogP contribution in [0.25, 0.3) is 0 Å². The first-order chi connectivity index (χ1) is 9.98. The van der Waals surface area contributed by atoms with Crippen LogP contribution in [0.2, 0.25) is 0 Å². The van der Waals surface area contributed by atoms with E-state index in [9.17, 15) is 5.11 Å². The predicted molar refractivity (Wildman–Crippen MR) is 98.1 cm³/mol. The molecule has 1 heteroatoms. The van der Waals surface area contributed by atoms with Crippen molar-refractivity contribution in [2.24, 2.45) is 0 Å². The van der Waals surface area contributed by atoms with Crippen molar-refractivity contribution in [1.29, 1.82) is 0 Å². The molecule has 1 unspecified atom stereocenters. The van der Waals surface area contributed by atoms with Crippen molar-refractivity contribution < 1.29 is 5.11 Å². The fraction of sp³-hybridized carbons (Fsp3) is 0.714. The Hall–Kier alpha value is -0.980. The van der Waals surface area contributed by atoms with Crippen molar-refractivity contribution in [2.45, 2.75) is 97.8 Å². The largest absolute Gasteiger partial charge is 0.507 e. The minimum atomic E-state index is -0.0385. The molecular weight excluding hydrogens is 268 g/mol. The molecule has 0 saturated carbocycles. The van der Waals surface area contributed by atoms with Gasteiger partial charge in [-0.15, -0.1) is 0 Å². The van der Waals surface area contributed by atoms with Gasteiger partial charge in [-0.05, 0) is 39.9 Å². The van der Waals surface area contributed by atoms with E-state index in [2.05, 4.69) is 67.5 Å². The smallest absolute Gasteiger partial charge is 0.123 e. The molecule has 1 aromatic carbocycles. The molecule has 0 radical (unpaired) electrons. The first-order valence-electron chi connectivity index (χ1n) is 8.86. The minimum Gasteiger partial charge on any atom is -0.507 e. The molecule has 1 rings (SSSR count). The zero-order chi connectivity index (χ0) is 17.1.